The molecule has 0 aliphatic heterocycles. The first-order valence-corrected chi connectivity index (χ1v) is 11.9. The van der Waals surface area contributed by atoms with Crippen molar-refractivity contribution < 1.29 is 17.6 Å². The Balaban J connectivity index is 1.43. The Hall–Kier alpha value is -3.13. The highest BCUT2D eigenvalue weighted by Gasteiger charge is 2.20. The monoisotopic (exact) mass is 439 g/mol. The molecular formula is C23H25N3O4S. The predicted molar refractivity (Wildman–Crippen MR) is 118 cm³/mol. The van der Waals surface area contributed by atoms with Crippen LogP contribution in [0.5, 0.6) is 0 Å². The Bertz CT molecular complexity index is 1160. The lowest BCUT2D eigenvalue weighted by molar-refractivity contribution is 0.0922. The summed E-state index contributed by atoms with van der Waals surface area (Å²) in [4.78, 5) is 16.9. The van der Waals surface area contributed by atoms with Gasteiger partial charge in [-0.25, -0.2) is 13.4 Å². The average Bonchev–Trinajstić information content (AvgIpc) is 3.25. The van der Waals surface area contributed by atoms with Crippen LogP contribution in [0.2, 0.25) is 0 Å². The van der Waals surface area contributed by atoms with E-state index in [-0.39, 0.29) is 22.5 Å². The van der Waals surface area contributed by atoms with Crippen molar-refractivity contribution in [3.8, 4) is 11.5 Å². The third kappa shape index (κ3) is 5.14. The van der Waals surface area contributed by atoms with Gasteiger partial charge in [-0.05, 0) is 61.7 Å². The summed E-state index contributed by atoms with van der Waals surface area (Å²) in [6, 6.07) is 13.6. The van der Waals surface area contributed by atoms with Crippen LogP contribution in [-0.2, 0) is 10.0 Å². The quantitative estimate of drug-likeness (QED) is 0.588. The van der Waals surface area contributed by atoms with Crippen molar-refractivity contribution in [3.63, 3.8) is 0 Å². The molecule has 0 atom stereocenters. The molecule has 8 heteroatoms. The van der Waals surface area contributed by atoms with Crippen LogP contribution in [0, 0.1) is 6.92 Å². The fourth-order valence-electron chi connectivity index (χ4n) is 3.69. The molecule has 0 radical (unpaired) electrons. The second-order valence-electron chi connectivity index (χ2n) is 7.85. The number of carbonyl (C=O) groups excluding carboxylic acids is 1. The molecule has 1 aliphatic carbocycles. The van der Waals surface area contributed by atoms with Gasteiger partial charge in [0.05, 0.1) is 4.90 Å². The number of aryl methyl sites for hydroxylation is 1. The van der Waals surface area contributed by atoms with Crippen LogP contribution >= 0.6 is 0 Å². The molecule has 3 aromatic rings. The molecule has 0 unspecified atom stereocenters. The Morgan fingerprint density at radius 1 is 1.06 bits per heavy atom. The molecule has 31 heavy (non-hydrogen) atoms. The molecule has 1 aliphatic rings. The molecule has 0 saturated heterocycles. The van der Waals surface area contributed by atoms with Crippen molar-refractivity contribution in [2.45, 2.75) is 50.0 Å². The predicted octanol–water partition coefficient (Wildman–Crippen LogP) is 4.51. The molecule has 0 bridgehead atoms. The van der Waals surface area contributed by atoms with Crippen molar-refractivity contribution in [1.82, 2.24) is 10.3 Å². The minimum Gasteiger partial charge on any atom is -0.444 e. The summed E-state index contributed by atoms with van der Waals surface area (Å²) in [6.45, 7) is 1.84. The van der Waals surface area contributed by atoms with Gasteiger partial charge in [-0.2, -0.15) is 0 Å². The van der Waals surface area contributed by atoms with Gasteiger partial charge in [0, 0.05) is 17.3 Å². The van der Waals surface area contributed by atoms with Crippen LogP contribution in [0.1, 0.15) is 48.2 Å². The third-order valence-corrected chi connectivity index (χ3v) is 6.74. The van der Waals surface area contributed by atoms with Crippen LogP contribution in [0.25, 0.3) is 11.5 Å². The smallest absolute Gasteiger partial charge is 0.273 e. The van der Waals surface area contributed by atoms with Gasteiger partial charge in [-0.15, -0.1) is 0 Å². The number of hydrogen-bond acceptors (Lipinski definition) is 5. The maximum absolute atomic E-state index is 12.6. The number of benzene rings is 2. The second kappa shape index (κ2) is 8.93. The number of oxazole rings is 1. The first-order chi connectivity index (χ1) is 14.9. The first kappa shape index (κ1) is 21.1. The second-order valence-corrected chi connectivity index (χ2v) is 9.53. The number of nitrogens with zero attached hydrogens (tertiary/aromatic N) is 1. The number of nitrogens with one attached hydrogen (secondary N) is 2. The number of hydrogen-bond donors (Lipinski definition) is 2. The van der Waals surface area contributed by atoms with Gasteiger partial charge in [0.25, 0.3) is 15.9 Å². The number of sulfonamides is 1. The molecule has 7 nitrogen and oxygen atoms in total. The van der Waals surface area contributed by atoms with E-state index in [1.807, 2.05) is 13.0 Å². The number of amides is 1. The largest absolute Gasteiger partial charge is 0.444 e. The summed E-state index contributed by atoms with van der Waals surface area (Å²) in [5.74, 6) is 0.0753. The molecule has 4 rings (SSSR count). The highest BCUT2D eigenvalue weighted by atomic mass is 32.2. The molecule has 0 spiro atoms. The molecule has 162 valence electrons. The van der Waals surface area contributed by atoms with Crippen molar-refractivity contribution in [3.05, 3.63) is 66.1 Å². The fourth-order valence-corrected chi connectivity index (χ4v) is 4.86. The van der Waals surface area contributed by atoms with Crippen molar-refractivity contribution >= 4 is 21.6 Å². The molecular weight excluding hydrogens is 414 g/mol. The van der Waals surface area contributed by atoms with E-state index < -0.39 is 10.0 Å². The topological polar surface area (TPSA) is 101 Å². The Morgan fingerprint density at radius 3 is 2.52 bits per heavy atom. The normalized spacial score (nSPS) is 14.9. The number of anilines is 1. The van der Waals surface area contributed by atoms with Crippen molar-refractivity contribution in [2.24, 2.45) is 0 Å². The molecule has 2 aromatic carbocycles. The summed E-state index contributed by atoms with van der Waals surface area (Å²) in [7, 11) is -3.68. The van der Waals surface area contributed by atoms with Gasteiger partial charge < -0.3 is 9.73 Å². The highest BCUT2D eigenvalue weighted by Crippen LogP contribution is 2.23. The molecule has 1 fully saturated rings. The molecule has 2 N–H and O–H groups in total. The van der Waals surface area contributed by atoms with Crippen molar-refractivity contribution in [1.29, 1.82) is 0 Å². The van der Waals surface area contributed by atoms with Gasteiger partial charge in [-0.3, -0.25) is 9.52 Å². The van der Waals surface area contributed by atoms with Gasteiger partial charge in [0.1, 0.15) is 6.26 Å². The Kier molecular flexibility index (Phi) is 6.08. The zero-order chi connectivity index (χ0) is 21.8. The first-order valence-electron chi connectivity index (χ1n) is 10.4. The minimum absolute atomic E-state index is 0.196. The summed E-state index contributed by atoms with van der Waals surface area (Å²) in [5.41, 5.74) is 2.18. The van der Waals surface area contributed by atoms with E-state index in [9.17, 15) is 13.2 Å². The van der Waals surface area contributed by atoms with Crippen molar-refractivity contribution in [2.75, 3.05) is 4.72 Å². The zero-order valence-electron chi connectivity index (χ0n) is 17.3. The van der Waals surface area contributed by atoms with E-state index in [1.165, 1.54) is 12.7 Å². The molecule has 1 amide bonds. The van der Waals surface area contributed by atoms with E-state index >= 15 is 0 Å². The maximum Gasteiger partial charge on any atom is 0.273 e. The van der Waals surface area contributed by atoms with Gasteiger partial charge in [-0.1, -0.05) is 31.4 Å². The maximum atomic E-state index is 12.6. The van der Waals surface area contributed by atoms with E-state index in [1.54, 1.807) is 42.5 Å². The molecule has 1 aromatic heterocycles. The van der Waals surface area contributed by atoms with E-state index in [4.69, 9.17) is 4.42 Å². The molecule has 1 saturated carbocycles. The van der Waals surface area contributed by atoms with E-state index in [0.717, 1.165) is 31.2 Å². The summed E-state index contributed by atoms with van der Waals surface area (Å²) in [6.07, 6.45) is 6.83. The number of aromatic nitrogens is 1. The van der Waals surface area contributed by atoms with Gasteiger partial charge in [0.2, 0.25) is 5.89 Å². The van der Waals surface area contributed by atoms with E-state index in [2.05, 4.69) is 15.0 Å². The van der Waals surface area contributed by atoms with Crippen LogP contribution in [0.3, 0.4) is 0 Å². The SMILES string of the molecule is Cc1cccc(S(=O)(=O)Nc2ccc(-c3nc(C(=O)NC4CCCCC4)co3)cc2)c1. The minimum atomic E-state index is -3.68. The molecule has 1 heterocycles. The highest BCUT2D eigenvalue weighted by molar-refractivity contribution is 7.92. The van der Waals surface area contributed by atoms with Gasteiger partial charge >= 0.3 is 0 Å². The standard InChI is InChI=1S/C23H25N3O4S/c1-16-6-5-9-20(14-16)31(28,29)26-19-12-10-17(11-13-19)23-25-21(15-30-23)22(27)24-18-7-3-2-4-8-18/h5-6,9-15,18,26H,2-4,7-8H2,1H3,(H,24,27). The third-order valence-electron chi connectivity index (χ3n) is 5.36. The lowest BCUT2D eigenvalue weighted by atomic mass is 9.95. The van der Waals surface area contributed by atoms with Crippen LogP contribution in [-0.4, -0.2) is 25.4 Å². The average molecular weight is 440 g/mol. The summed E-state index contributed by atoms with van der Waals surface area (Å²) in [5, 5.41) is 3.02. The summed E-state index contributed by atoms with van der Waals surface area (Å²) < 4.78 is 33.2. The Morgan fingerprint density at radius 2 is 1.81 bits per heavy atom. The Labute approximate surface area is 181 Å². The zero-order valence-corrected chi connectivity index (χ0v) is 18.1. The van der Waals surface area contributed by atoms with Gasteiger partial charge in [0.15, 0.2) is 5.69 Å². The fraction of sp³-hybridized carbons (Fsp3) is 0.304. The van der Waals surface area contributed by atoms with Crippen LogP contribution in [0.4, 0.5) is 5.69 Å². The number of rotatable bonds is 6. The lowest BCUT2D eigenvalue weighted by Gasteiger charge is -2.22. The van der Waals surface area contributed by atoms with Crippen LogP contribution < -0.4 is 10.0 Å². The lowest BCUT2D eigenvalue weighted by Crippen LogP contribution is -2.36. The van der Waals surface area contributed by atoms with Crippen LogP contribution in [0.15, 0.2) is 64.1 Å². The summed E-state index contributed by atoms with van der Waals surface area (Å²) >= 11 is 0. The number of carbonyl (C=O) groups is 1. The van der Waals surface area contributed by atoms with E-state index in [0.29, 0.717) is 17.1 Å².